The summed E-state index contributed by atoms with van der Waals surface area (Å²) in [5.74, 6) is 1.81. The van der Waals surface area contributed by atoms with E-state index in [1.165, 1.54) is 33.2 Å². The van der Waals surface area contributed by atoms with Crippen molar-refractivity contribution in [2.45, 2.75) is 13.1 Å². The normalized spacial score (nSPS) is 13.1. The second kappa shape index (κ2) is 4.81. The maximum absolute atomic E-state index is 5.35. The van der Waals surface area contributed by atoms with Gasteiger partial charge in [0.25, 0.3) is 0 Å². The number of nitrogens with zero attached hydrogens (tertiary/aromatic N) is 2. The molecule has 0 atom stereocenters. The Morgan fingerprint density at radius 2 is 1.12 bits per heavy atom. The molecule has 4 nitrogen and oxygen atoms in total. The SMILES string of the molecule is COc1ccc2c(c1)cc1n2Cc2cc3cc(OC)ccc3n2C1. The molecule has 2 aromatic carbocycles. The minimum absolute atomic E-state index is 0.891. The van der Waals surface area contributed by atoms with Gasteiger partial charge in [0.15, 0.2) is 0 Å². The Kier molecular flexibility index (Phi) is 2.71. The lowest BCUT2D eigenvalue weighted by molar-refractivity contribution is 0.415. The molecule has 3 heterocycles. The highest BCUT2D eigenvalue weighted by Crippen LogP contribution is 2.32. The lowest BCUT2D eigenvalue weighted by Crippen LogP contribution is -2.17. The molecule has 4 heteroatoms. The molecule has 0 saturated heterocycles. The van der Waals surface area contributed by atoms with Crippen molar-refractivity contribution in [2.75, 3.05) is 14.2 Å². The van der Waals surface area contributed by atoms with Crippen LogP contribution in [0.25, 0.3) is 21.8 Å². The van der Waals surface area contributed by atoms with Gasteiger partial charge in [-0.3, -0.25) is 0 Å². The first-order valence-corrected chi connectivity index (χ1v) is 8.09. The molecule has 24 heavy (non-hydrogen) atoms. The standard InChI is InChI=1S/C20H18N2O2/c1-23-17-3-5-19-13(9-17)7-15-11-22-16(12-21(15)19)8-14-10-18(24-2)4-6-20(14)22/h3-10H,11-12H2,1-2H3. The van der Waals surface area contributed by atoms with Crippen LogP contribution in [0.3, 0.4) is 0 Å². The average molecular weight is 318 g/mol. The topological polar surface area (TPSA) is 28.3 Å². The monoisotopic (exact) mass is 318 g/mol. The van der Waals surface area contributed by atoms with Crippen molar-refractivity contribution in [2.24, 2.45) is 0 Å². The average Bonchev–Trinajstić information content (AvgIpc) is 3.15. The van der Waals surface area contributed by atoms with Crippen LogP contribution in [0.4, 0.5) is 0 Å². The van der Waals surface area contributed by atoms with Crippen molar-refractivity contribution in [3.8, 4) is 11.5 Å². The van der Waals surface area contributed by atoms with Crippen LogP contribution in [0.1, 0.15) is 11.4 Å². The van der Waals surface area contributed by atoms with E-state index in [0.717, 1.165) is 24.6 Å². The number of aromatic nitrogens is 2. The van der Waals surface area contributed by atoms with E-state index in [9.17, 15) is 0 Å². The first-order valence-electron chi connectivity index (χ1n) is 8.09. The van der Waals surface area contributed by atoms with Crippen LogP contribution in [0.2, 0.25) is 0 Å². The molecule has 1 aliphatic heterocycles. The summed E-state index contributed by atoms with van der Waals surface area (Å²) in [6.45, 7) is 1.78. The first kappa shape index (κ1) is 13.5. The molecule has 0 bridgehead atoms. The van der Waals surface area contributed by atoms with Crippen molar-refractivity contribution < 1.29 is 9.47 Å². The fourth-order valence-corrected chi connectivity index (χ4v) is 3.83. The van der Waals surface area contributed by atoms with Gasteiger partial charge in [0.2, 0.25) is 0 Å². The molecule has 2 aromatic heterocycles. The Balaban J connectivity index is 1.66. The third-order valence-electron chi connectivity index (χ3n) is 5.03. The highest BCUT2D eigenvalue weighted by Gasteiger charge is 2.20. The predicted molar refractivity (Wildman–Crippen MR) is 95.2 cm³/mol. The molecule has 0 unspecified atom stereocenters. The van der Waals surface area contributed by atoms with E-state index in [1.807, 2.05) is 12.1 Å². The Hall–Kier alpha value is -2.88. The Labute approximate surface area is 139 Å². The highest BCUT2D eigenvalue weighted by atomic mass is 16.5. The summed E-state index contributed by atoms with van der Waals surface area (Å²) in [7, 11) is 3.42. The molecule has 0 amide bonds. The summed E-state index contributed by atoms with van der Waals surface area (Å²) >= 11 is 0. The van der Waals surface area contributed by atoms with Crippen molar-refractivity contribution in [3.63, 3.8) is 0 Å². The van der Waals surface area contributed by atoms with Gasteiger partial charge in [0.1, 0.15) is 11.5 Å². The van der Waals surface area contributed by atoms with Crippen molar-refractivity contribution in [1.29, 1.82) is 0 Å². The minimum Gasteiger partial charge on any atom is -0.497 e. The zero-order valence-electron chi connectivity index (χ0n) is 13.7. The van der Waals surface area contributed by atoms with Crippen LogP contribution in [-0.2, 0) is 13.1 Å². The Morgan fingerprint density at radius 1 is 0.667 bits per heavy atom. The molecule has 1 aliphatic rings. The number of methoxy groups -OCH3 is 2. The summed E-state index contributed by atoms with van der Waals surface area (Å²) in [6.07, 6.45) is 0. The maximum Gasteiger partial charge on any atom is 0.119 e. The molecular weight excluding hydrogens is 300 g/mol. The smallest absolute Gasteiger partial charge is 0.119 e. The van der Waals surface area contributed by atoms with Gasteiger partial charge in [-0.2, -0.15) is 0 Å². The van der Waals surface area contributed by atoms with Gasteiger partial charge in [0, 0.05) is 33.2 Å². The van der Waals surface area contributed by atoms with E-state index in [4.69, 9.17) is 9.47 Å². The van der Waals surface area contributed by atoms with Crippen LogP contribution in [0.15, 0.2) is 48.5 Å². The van der Waals surface area contributed by atoms with Gasteiger partial charge < -0.3 is 18.6 Å². The quantitative estimate of drug-likeness (QED) is 0.492. The molecule has 5 rings (SSSR count). The summed E-state index contributed by atoms with van der Waals surface area (Å²) < 4.78 is 15.5. The second-order valence-electron chi connectivity index (χ2n) is 6.29. The number of rotatable bonds is 2. The van der Waals surface area contributed by atoms with Gasteiger partial charge in [-0.15, -0.1) is 0 Å². The zero-order valence-corrected chi connectivity index (χ0v) is 13.7. The van der Waals surface area contributed by atoms with E-state index < -0.39 is 0 Å². The third kappa shape index (κ3) is 1.80. The van der Waals surface area contributed by atoms with Gasteiger partial charge >= 0.3 is 0 Å². The fourth-order valence-electron chi connectivity index (χ4n) is 3.83. The Morgan fingerprint density at radius 3 is 1.54 bits per heavy atom. The molecule has 0 saturated carbocycles. The molecule has 0 spiro atoms. The van der Waals surface area contributed by atoms with Gasteiger partial charge in [-0.1, -0.05) is 0 Å². The lowest BCUT2D eigenvalue weighted by atomic mass is 10.2. The van der Waals surface area contributed by atoms with E-state index in [1.54, 1.807) is 14.2 Å². The number of hydrogen-bond acceptors (Lipinski definition) is 2. The number of hydrogen-bond donors (Lipinski definition) is 0. The predicted octanol–water partition coefficient (Wildman–Crippen LogP) is 4.02. The number of benzene rings is 2. The molecule has 0 fully saturated rings. The fraction of sp³-hybridized carbons (Fsp3) is 0.200. The van der Waals surface area contributed by atoms with Crippen molar-refractivity contribution in [1.82, 2.24) is 9.13 Å². The maximum atomic E-state index is 5.35. The summed E-state index contributed by atoms with van der Waals surface area (Å²) in [5.41, 5.74) is 5.19. The summed E-state index contributed by atoms with van der Waals surface area (Å²) in [5, 5.41) is 2.47. The van der Waals surface area contributed by atoms with Crippen molar-refractivity contribution >= 4 is 21.8 Å². The summed E-state index contributed by atoms with van der Waals surface area (Å²) in [4.78, 5) is 0. The molecule has 0 N–H and O–H groups in total. The van der Waals surface area contributed by atoms with Crippen LogP contribution in [0.5, 0.6) is 11.5 Å². The second-order valence-corrected chi connectivity index (χ2v) is 6.29. The number of ether oxygens (including phenoxy) is 2. The number of fused-ring (bicyclic) bond motifs is 6. The largest absolute Gasteiger partial charge is 0.497 e. The molecular formula is C20H18N2O2. The highest BCUT2D eigenvalue weighted by molar-refractivity contribution is 5.85. The van der Waals surface area contributed by atoms with Gasteiger partial charge in [-0.05, 0) is 48.5 Å². The van der Waals surface area contributed by atoms with Gasteiger partial charge in [-0.25, -0.2) is 0 Å². The molecule has 0 radical (unpaired) electrons. The first-order chi connectivity index (χ1) is 11.8. The lowest BCUT2D eigenvalue weighted by Gasteiger charge is -2.20. The summed E-state index contributed by atoms with van der Waals surface area (Å²) in [6, 6.07) is 17.1. The third-order valence-corrected chi connectivity index (χ3v) is 5.03. The van der Waals surface area contributed by atoms with Crippen LogP contribution < -0.4 is 9.47 Å². The Bertz CT molecular complexity index is 1000. The van der Waals surface area contributed by atoms with E-state index in [-0.39, 0.29) is 0 Å². The zero-order chi connectivity index (χ0) is 16.3. The van der Waals surface area contributed by atoms with E-state index >= 15 is 0 Å². The van der Waals surface area contributed by atoms with Crippen molar-refractivity contribution in [3.05, 3.63) is 59.9 Å². The van der Waals surface area contributed by atoms with E-state index in [2.05, 4.69) is 45.5 Å². The van der Waals surface area contributed by atoms with Gasteiger partial charge in [0.05, 0.1) is 27.3 Å². The molecule has 4 aromatic rings. The minimum atomic E-state index is 0.891. The van der Waals surface area contributed by atoms with Crippen LogP contribution in [-0.4, -0.2) is 23.4 Å². The van der Waals surface area contributed by atoms with E-state index in [0.29, 0.717) is 0 Å². The molecule has 0 aliphatic carbocycles. The van der Waals surface area contributed by atoms with Crippen LogP contribution >= 0.6 is 0 Å². The van der Waals surface area contributed by atoms with Crippen LogP contribution in [0, 0.1) is 0 Å². The molecule has 120 valence electrons.